The number of aryl methyl sites for hydroxylation is 1. The highest BCUT2D eigenvalue weighted by atomic mass is 19.1. The van der Waals surface area contributed by atoms with E-state index in [9.17, 15) is 9.18 Å². The summed E-state index contributed by atoms with van der Waals surface area (Å²) < 4.78 is 18.0. The number of amides is 1. The van der Waals surface area contributed by atoms with Crippen molar-refractivity contribution in [3.05, 3.63) is 53.6 Å². The number of fused-ring (bicyclic) bond motifs is 1. The van der Waals surface area contributed by atoms with Crippen LogP contribution in [0.1, 0.15) is 23.6 Å². The first-order chi connectivity index (χ1) is 11.1. The first kappa shape index (κ1) is 13.9. The smallest absolute Gasteiger partial charge is 0.258 e. The van der Waals surface area contributed by atoms with Gasteiger partial charge in [-0.1, -0.05) is 17.3 Å². The number of hydrogen-bond donors (Lipinski definition) is 1. The Morgan fingerprint density at radius 2 is 2.13 bits per heavy atom. The number of hydrogen-bond acceptors (Lipinski definition) is 4. The largest absolute Gasteiger partial charge is 0.336 e. The summed E-state index contributed by atoms with van der Waals surface area (Å²) in [4.78, 5) is 16.5. The molecule has 1 fully saturated rings. The quantitative estimate of drug-likeness (QED) is 0.805. The third-order valence-electron chi connectivity index (χ3n) is 4.20. The third-order valence-corrected chi connectivity index (χ3v) is 4.20. The number of benzene rings is 1. The highest BCUT2D eigenvalue weighted by molar-refractivity contribution is 5.96. The Balaban J connectivity index is 1.47. The summed E-state index contributed by atoms with van der Waals surface area (Å²) >= 11 is 0. The van der Waals surface area contributed by atoms with Crippen molar-refractivity contribution in [2.75, 3.05) is 5.32 Å². The first-order valence-corrected chi connectivity index (χ1v) is 7.40. The lowest BCUT2D eigenvalue weighted by atomic mass is 10.1. The van der Waals surface area contributed by atoms with Crippen LogP contribution in [0.25, 0.3) is 11.1 Å². The molecule has 0 bridgehead atoms. The van der Waals surface area contributed by atoms with Gasteiger partial charge in [-0.05, 0) is 43.0 Å². The van der Waals surface area contributed by atoms with E-state index in [1.54, 1.807) is 24.4 Å². The van der Waals surface area contributed by atoms with E-state index in [1.807, 2.05) is 6.92 Å². The maximum absolute atomic E-state index is 12.9. The Labute approximate surface area is 131 Å². The van der Waals surface area contributed by atoms with E-state index in [0.29, 0.717) is 11.4 Å². The zero-order valence-corrected chi connectivity index (χ0v) is 12.4. The lowest BCUT2D eigenvalue weighted by molar-refractivity contribution is -0.117. The zero-order valence-electron chi connectivity index (χ0n) is 12.4. The van der Waals surface area contributed by atoms with E-state index in [1.165, 1.54) is 12.1 Å². The summed E-state index contributed by atoms with van der Waals surface area (Å²) in [5.74, 6) is -0.238. The molecule has 0 spiro atoms. The highest BCUT2D eigenvalue weighted by Gasteiger charge is 2.43. The second-order valence-corrected chi connectivity index (χ2v) is 5.83. The summed E-state index contributed by atoms with van der Waals surface area (Å²) in [6.45, 7) is 1.82. The van der Waals surface area contributed by atoms with Gasteiger partial charge in [-0.15, -0.1) is 0 Å². The van der Waals surface area contributed by atoms with Crippen LogP contribution < -0.4 is 5.32 Å². The molecule has 6 heteroatoms. The Hall–Kier alpha value is -2.76. The van der Waals surface area contributed by atoms with E-state index in [0.717, 1.165) is 23.1 Å². The Morgan fingerprint density at radius 1 is 1.35 bits per heavy atom. The SMILES string of the molecule is Cc1noc2ncc(NC(=O)[C@@H]3C[C@H]3c3ccc(F)cc3)cc12. The molecule has 5 nitrogen and oxygen atoms in total. The zero-order chi connectivity index (χ0) is 16.0. The molecule has 0 radical (unpaired) electrons. The number of anilines is 1. The summed E-state index contributed by atoms with van der Waals surface area (Å²) in [5, 5.41) is 7.51. The van der Waals surface area contributed by atoms with Gasteiger partial charge in [-0.25, -0.2) is 9.37 Å². The van der Waals surface area contributed by atoms with E-state index < -0.39 is 0 Å². The van der Waals surface area contributed by atoms with Crippen molar-refractivity contribution in [1.29, 1.82) is 0 Å². The molecule has 3 aromatic rings. The van der Waals surface area contributed by atoms with Crippen molar-refractivity contribution >= 4 is 22.7 Å². The lowest BCUT2D eigenvalue weighted by Gasteiger charge is -2.05. The van der Waals surface area contributed by atoms with Gasteiger partial charge in [0.05, 0.1) is 23.0 Å². The predicted molar refractivity (Wildman–Crippen MR) is 82.4 cm³/mol. The molecule has 0 saturated heterocycles. The third kappa shape index (κ3) is 2.56. The van der Waals surface area contributed by atoms with Gasteiger partial charge in [0, 0.05) is 5.92 Å². The Morgan fingerprint density at radius 3 is 2.91 bits per heavy atom. The van der Waals surface area contributed by atoms with Crippen LogP contribution in [-0.2, 0) is 4.79 Å². The minimum atomic E-state index is -0.265. The molecule has 1 N–H and O–H groups in total. The van der Waals surface area contributed by atoms with Crippen molar-refractivity contribution < 1.29 is 13.7 Å². The second-order valence-electron chi connectivity index (χ2n) is 5.83. The maximum atomic E-state index is 12.9. The molecule has 1 aromatic carbocycles. The molecule has 4 rings (SSSR count). The topological polar surface area (TPSA) is 68.0 Å². The number of carbonyl (C=O) groups is 1. The fraction of sp³-hybridized carbons (Fsp3) is 0.235. The fourth-order valence-corrected chi connectivity index (χ4v) is 2.81. The van der Waals surface area contributed by atoms with Crippen LogP contribution >= 0.6 is 0 Å². The standard InChI is InChI=1S/C17H14FN3O2/c1-9-13-6-12(8-19-17(13)23-21-9)20-16(22)15-7-14(15)10-2-4-11(18)5-3-10/h2-6,8,14-15H,7H2,1H3,(H,20,22)/t14-,15+/m0/s1. The van der Waals surface area contributed by atoms with E-state index in [-0.39, 0.29) is 23.6 Å². The molecule has 2 atom stereocenters. The van der Waals surface area contributed by atoms with E-state index >= 15 is 0 Å². The van der Waals surface area contributed by atoms with Gasteiger partial charge in [0.2, 0.25) is 5.91 Å². The van der Waals surface area contributed by atoms with E-state index in [4.69, 9.17) is 4.52 Å². The Bertz CT molecular complexity index is 888. The van der Waals surface area contributed by atoms with Crippen LogP contribution in [0.2, 0.25) is 0 Å². The second kappa shape index (κ2) is 5.15. The molecule has 1 saturated carbocycles. The van der Waals surface area contributed by atoms with Gasteiger partial charge < -0.3 is 9.84 Å². The van der Waals surface area contributed by atoms with Crippen LogP contribution in [0.3, 0.4) is 0 Å². The average Bonchev–Trinajstić information content (AvgIpc) is 3.27. The molecule has 23 heavy (non-hydrogen) atoms. The molecule has 1 aliphatic rings. The molecule has 0 aliphatic heterocycles. The van der Waals surface area contributed by atoms with Crippen LogP contribution in [0.4, 0.5) is 10.1 Å². The average molecular weight is 311 g/mol. The van der Waals surface area contributed by atoms with Crippen LogP contribution in [0.15, 0.2) is 41.1 Å². The van der Waals surface area contributed by atoms with Gasteiger partial charge in [-0.2, -0.15) is 0 Å². The molecule has 2 aromatic heterocycles. The number of aromatic nitrogens is 2. The van der Waals surface area contributed by atoms with Crippen molar-refractivity contribution in [2.45, 2.75) is 19.3 Å². The van der Waals surface area contributed by atoms with Crippen molar-refractivity contribution in [1.82, 2.24) is 10.1 Å². The number of nitrogens with zero attached hydrogens (tertiary/aromatic N) is 2. The monoisotopic (exact) mass is 311 g/mol. The number of nitrogens with one attached hydrogen (secondary N) is 1. The Kier molecular flexibility index (Phi) is 3.11. The van der Waals surface area contributed by atoms with Gasteiger partial charge in [0.15, 0.2) is 0 Å². The first-order valence-electron chi connectivity index (χ1n) is 7.40. The number of carbonyl (C=O) groups excluding carboxylic acids is 1. The molecule has 116 valence electrons. The summed E-state index contributed by atoms with van der Waals surface area (Å²) in [6, 6.07) is 8.13. The van der Waals surface area contributed by atoms with Gasteiger partial charge in [-0.3, -0.25) is 4.79 Å². The van der Waals surface area contributed by atoms with Gasteiger partial charge in [0.25, 0.3) is 5.71 Å². The van der Waals surface area contributed by atoms with Gasteiger partial charge in [0.1, 0.15) is 5.82 Å². The molecular formula is C17H14FN3O2. The lowest BCUT2D eigenvalue weighted by Crippen LogP contribution is -2.14. The fourth-order valence-electron chi connectivity index (χ4n) is 2.81. The molecule has 0 unspecified atom stereocenters. The maximum Gasteiger partial charge on any atom is 0.258 e. The normalized spacial score (nSPS) is 19.7. The van der Waals surface area contributed by atoms with Crippen molar-refractivity contribution in [2.24, 2.45) is 5.92 Å². The minimum Gasteiger partial charge on any atom is -0.336 e. The number of halogens is 1. The van der Waals surface area contributed by atoms with Gasteiger partial charge >= 0.3 is 0 Å². The number of rotatable bonds is 3. The molecular weight excluding hydrogens is 297 g/mol. The summed E-state index contributed by atoms with van der Waals surface area (Å²) in [7, 11) is 0. The van der Waals surface area contributed by atoms with Crippen LogP contribution in [-0.4, -0.2) is 16.0 Å². The molecule has 1 amide bonds. The highest BCUT2D eigenvalue weighted by Crippen LogP contribution is 2.48. The summed E-state index contributed by atoms with van der Waals surface area (Å²) in [5.41, 5.74) is 2.81. The predicted octanol–water partition coefficient (Wildman–Crippen LogP) is 3.41. The van der Waals surface area contributed by atoms with Crippen LogP contribution in [0, 0.1) is 18.7 Å². The van der Waals surface area contributed by atoms with Crippen LogP contribution in [0.5, 0.6) is 0 Å². The molecule has 1 aliphatic carbocycles. The van der Waals surface area contributed by atoms with E-state index in [2.05, 4.69) is 15.5 Å². The van der Waals surface area contributed by atoms with Crippen molar-refractivity contribution in [3.63, 3.8) is 0 Å². The minimum absolute atomic E-state index is 0.0467. The summed E-state index contributed by atoms with van der Waals surface area (Å²) in [6.07, 6.45) is 2.33. The molecule has 2 heterocycles. The van der Waals surface area contributed by atoms with Crippen molar-refractivity contribution in [3.8, 4) is 0 Å². The number of pyridine rings is 1.